The van der Waals surface area contributed by atoms with Crippen LogP contribution in [0.2, 0.25) is 0 Å². The number of aryl methyl sites for hydroxylation is 1. The van der Waals surface area contributed by atoms with Crippen LogP contribution in [0.15, 0.2) is 24.3 Å². The molecule has 0 heterocycles. The molecule has 1 saturated carbocycles. The molecule has 2 rings (SSSR count). The first-order valence-electron chi connectivity index (χ1n) is 6.32. The Morgan fingerprint density at radius 2 is 1.88 bits per heavy atom. The van der Waals surface area contributed by atoms with Gasteiger partial charge < -0.3 is 5.11 Å². The smallest absolute Gasteiger partial charge is 0.0603 e. The van der Waals surface area contributed by atoms with E-state index in [1.807, 2.05) is 0 Å². The number of hydrogen-bond donors (Lipinski definition) is 1. The number of aliphatic hydroxyl groups excluding tert-OH is 1. The van der Waals surface area contributed by atoms with E-state index in [4.69, 9.17) is 0 Å². The zero-order valence-corrected chi connectivity index (χ0v) is 10.5. The van der Waals surface area contributed by atoms with E-state index >= 15 is 0 Å². The summed E-state index contributed by atoms with van der Waals surface area (Å²) in [6.45, 7) is 6.52. The third kappa shape index (κ3) is 1.89. The first-order valence-corrected chi connectivity index (χ1v) is 6.32. The molecular formula is C15H22O. The molecule has 0 amide bonds. The van der Waals surface area contributed by atoms with E-state index < -0.39 is 0 Å². The van der Waals surface area contributed by atoms with Crippen LogP contribution in [-0.2, 0) is 6.42 Å². The van der Waals surface area contributed by atoms with E-state index in [9.17, 15) is 5.11 Å². The van der Waals surface area contributed by atoms with Gasteiger partial charge in [-0.2, -0.15) is 0 Å². The monoisotopic (exact) mass is 218 g/mol. The maximum absolute atomic E-state index is 9.75. The second kappa shape index (κ2) is 4.21. The summed E-state index contributed by atoms with van der Waals surface area (Å²) < 4.78 is 0. The van der Waals surface area contributed by atoms with Crippen molar-refractivity contribution < 1.29 is 5.11 Å². The highest BCUT2D eigenvalue weighted by Gasteiger charge is 2.47. The van der Waals surface area contributed by atoms with E-state index in [1.54, 1.807) is 0 Å². The predicted molar refractivity (Wildman–Crippen MR) is 67.6 cm³/mol. The van der Waals surface area contributed by atoms with Gasteiger partial charge in [0.15, 0.2) is 0 Å². The van der Waals surface area contributed by atoms with Crippen molar-refractivity contribution in [2.45, 2.75) is 52.1 Å². The zero-order chi connectivity index (χ0) is 11.8. The van der Waals surface area contributed by atoms with Crippen LogP contribution in [0.5, 0.6) is 0 Å². The Bertz CT molecular complexity index is 350. The largest absolute Gasteiger partial charge is 0.393 e. The minimum absolute atomic E-state index is 0.0479. The topological polar surface area (TPSA) is 20.2 Å². The van der Waals surface area contributed by atoms with Crippen LogP contribution < -0.4 is 0 Å². The maximum atomic E-state index is 9.75. The van der Waals surface area contributed by atoms with Gasteiger partial charge in [-0.25, -0.2) is 0 Å². The lowest BCUT2D eigenvalue weighted by atomic mass is 9.58. The normalized spacial score (nSPS) is 27.5. The minimum atomic E-state index is -0.132. The molecule has 0 spiro atoms. The van der Waals surface area contributed by atoms with Crippen LogP contribution in [-0.4, -0.2) is 11.2 Å². The fraction of sp³-hybridized carbons (Fsp3) is 0.600. The molecule has 1 N–H and O–H groups in total. The van der Waals surface area contributed by atoms with E-state index in [2.05, 4.69) is 45.0 Å². The third-order valence-corrected chi connectivity index (χ3v) is 4.14. The van der Waals surface area contributed by atoms with Gasteiger partial charge in [0.1, 0.15) is 0 Å². The van der Waals surface area contributed by atoms with Crippen molar-refractivity contribution >= 4 is 0 Å². The summed E-state index contributed by atoms with van der Waals surface area (Å²) in [6, 6.07) is 8.95. The molecule has 0 bridgehead atoms. The zero-order valence-electron chi connectivity index (χ0n) is 10.5. The average Bonchev–Trinajstić information content (AvgIpc) is 2.28. The van der Waals surface area contributed by atoms with Crippen LogP contribution in [0.3, 0.4) is 0 Å². The highest BCUT2D eigenvalue weighted by Crippen LogP contribution is 2.52. The van der Waals surface area contributed by atoms with Gasteiger partial charge in [-0.15, -0.1) is 0 Å². The molecule has 1 aromatic rings. The van der Waals surface area contributed by atoms with Crippen molar-refractivity contribution in [3.8, 4) is 0 Å². The summed E-state index contributed by atoms with van der Waals surface area (Å²) in [5.41, 5.74) is 2.85. The molecule has 0 saturated heterocycles. The fourth-order valence-corrected chi connectivity index (χ4v) is 2.67. The lowest BCUT2D eigenvalue weighted by molar-refractivity contribution is -0.0625. The van der Waals surface area contributed by atoms with Crippen LogP contribution in [0.1, 0.15) is 50.7 Å². The Morgan fingerprint density at radius 1 is 1.25 bits per heavy atom. The quantitative estimate of drug-likeness (QED) is 0.823. The number of benzene rings is 1. The molecule has 1 aliphatic rings. The Morgan fingerprint density at radius 3 is 2.31 bits per heavy atom. The summed E-state index contributed by atoms with van der Waals surface area (Å²) in [4.78, 5) is 0. The van der Waals surface area contributed by atoms with E-state index in [0.29, 0.717) is 5.92 Å². The summed E-state index contributed by atoms with van der Waals surface area (Å²) >= 11 is 0. The van der Waals surface area contributed by atoms with Gasteiger partial charge in [-0.05, 0) is 35.3 Å². The first kappa shape index (κ1) is 11.7. The molecule has 0 aliphatic heterocycles. The van der Waals surface area contributed by atoms with Gasteiger partial charge in [-0.1, -0.05) is 51.5 Å². The molecular weight excluding hydrogens is 196 g/mol. The van der Waals surface area contributed by atoms with Crippen molar-refractivity contribution in [3.05, 3.63) is 35.4 Å². The molecule has 16 heavy (non-hydrogen) atoms. The van der Waals surface area contributed by atoms with E-state index in [0.717, 1.165) is 12.8 Å². The van der Waals surface area contributed by atoms with Crippen LogP contribution in [0, 0.1) is 5.41 Å². The predicted octanol–water partition coefficient (Wildman–Crippen LogP) is 3.51. The average molecular weight is 218 g/mol. The molecule has 1 heteroatoms. The molecule has 1 aromatic carbocycles. The van der Waals surface area contributed by atoms with Gasteiger partial charge in [0.2, 0.25) is 0 Å². The Hall–Kier alpha value is -0.820. The van der Waals surface area contributed by atoms with E-state index in [1.165, 1.54) is 17.5 Å². The van der Waals surface area contributed by atoms with Gasteiger partial charge in [-0.3, -0.25) is 0 Å². The number of aliphatic hydroxyl groups is 1. The second-order valence-electron chi connectivity index (χ2n) is 5.62. The molecule has 2 unspecified atom stereocenters. The standard InChI is InChI=1S/C15H22O/c1-4-5-11-6-8-12(9-7-11)13-10-14(16)15(13,2)3/h6-9,13-14,16H,4-5,10H2,1-3H3. The van der Waals surface area contributed by atoms with Crippen LogP contribution >= 0.6 is 0 Å². The highest BCUT2D eigenvalue weighted by molar-refractivity contribution is 5.30. The van der Waals surface area contributed by atoms with Gasteiger partial charge in [0.25, 0.3) is 0 Å². The lowest BCUT2D eigenvalue weighted by Gasteiger charge is -2.49. The molecule has 88 valence electrons. The van der Waals surface area contributed by atoms with Gasteiger partial charge >= 0.3 is 0 Å². The van der Waals surface area contributed by atoms with Gasteiger partial charge in [0, 0.05) is 0 Å². The summed E-state index contributed by atoms with van der Waals surface area (Å²) in [7, 11) is 0. The number of rotatable bonds is 3. The molecule has 1 fully saturated rings. The Labute approximate surface area is 98.5 Å². The summed E-state index contributed by atoms with van der Waals surface area (Å²) in [5, 5.41) is 9.75. The molecule has 0 aromatic heterocycles. The molecule has 2 atom stereocenters. The van der Waals surface area contributed by atoms with E-state index in [-0.39, 0.29) is 11.5 Å². The first-order chi connectivity index (χ1) is 7.55. The van der Waals surface area contributed by atoms with Crippen molar-refractivity contribution in [3.63, 3.8) is 0 Å². The second-order valence-corrected chi connectivity index (χ2v) is 5.62. The molecule has 0 radical (unpaired) electrons. The van der Waals surface area contributed by atoms with Crippen molar-refractivity contribution in [1.82, 2.24) is 0 Å². The van der Waals surface area contributed by atoms with Crippen molar-refractivity contribution in [2.24, 2.45) is 5.41 Å². The SMILES string of the molecule is CCCc1ccc(C2CC(O)C2(C)C)cc1. The lowest BCUT2D eigenvalue weighted by Crippen LogP contribution is -2.47. The highest BCUT2D eigenvalue weighted by atomic mass is 16.3. The molecule has 1 nitrogen and oxygen atoms in total. The van der Waals surface area contributed by atoms with Crippen molar-refractivity contribution in [1.29, 1.82) is 0 Å². The van der Waals surface area contributed by atoms with Crippen molar-refractivity contribution in [2.75, 3.05) is 0 Å². The third-order valence-electron chi connectivity index (χ3n) is 4.14. The van der Waals surface area contributed by atoms with Crippen LogP contribution in [0.25, 0.3) is 0 Å². The molecule has 1 aliphatic carbocycles. The Kier molecular flexibility index (Phi) is 3.07. The minimum Gasteiger partial charge on any atom is -0.393 e. The Balaban J connectivity index is 2.11. The number of hydrogen-bond acceptors (Lipinski definition) is 1. The van der Waals surface area contributed by atoms with Crippen LogP contribution in [0.4, 0.5) is 0 Å². The summed E-state index contributed by atoms with van der Waals surface area (Å²) in [6.07, 6.45) is 3.15. The maximum Gasteiger partial charge on any atom is 0.0603 e. The summed E-state index contributed by atoms with van der Waals surface area (Å²) in [5.74, 6) is 0.526. The fourth-order valence-electron chi connectivity index (χ4n) is 2.67. The van der Waals surface area contributed by atoms with Gasteiger partial charge in [0.05, 0.1) is 6.10 Å².